The average Bonchev–Trinajstić information content (AvgIpc) is 2.51. The summed E-state index contributed by atoms with van der Waals surface area (Å²) < 4.78 is 13.5. The molecule has 0 aliphatic heterocycles. The zero-order valence-electron chi connectivity index (χ0n) is 12.2. The lowest BCUT2D eigenvalue weighted by molar-refractivity contribution is -0.137. The van der Waals surface area contributed by atoms with Crippen LogP contribution >= 0.6 is 11.6 Å². The minimum absolute atomic E-state index is 0.0194. The summed E-state index contributed by atoms with van der Waals surface area (Å²) in [5.41, 5.74) is 1.09. The first-order valence-electron chi connectivity index (χ1n) is 6.99. The summed E-state index contributed by atoms with van der Waals surface area (Å²) in [6, 6.07) is 10.4. The minimum atomic E-state index is -0.909. The molecule has 0 fully saturated rings. The van der Waals surface area contributed by atoms with Gasteiger partial charge >= 0.3 is 5.97 Å². The number of halogens is 2. The Kier molecular flexibility index (Phi) is 5.71. The maximum Gasteiger partial charge on any atom is 0.303 e. The molecule has 0 aliphatic rings. The minimum Gasteiger partial charge on any atom is -0.507 e. The SMILES string of the molecule is O=C(O)CCCN=C(c1cc(F)ccc1O)c1ccccc1Cl. The van der Waals surface area contributed by atoms with E-state index in [4.69, 9.17) is 16.7 Å². The zero-order chi connectivity index (χ0) is 16.8. The largest absolute Gasteiger partial charge is 0.507 e. The van der Waals surface area contributed by atoms with Crippen LogP contribution in [-0.2, 0) is 4.79 Å². The van der Waals surface area contributed by atoms with Crippen LogP contribution in [0.3, 0.4) is 0 Å². The predicted molar refractivity (Wildman–Crippen MR) is 86.9 cm³/mol. The van der Waals surface area contributed by atoms with Crippen molar-refractivity contribution in [3.63, 3.8) is 0 Å². The fraction of sp³-hybridized carbons (Fsp3) is 0.176. The number of hydrogen-bond acceptors (Lipinski definition) is 3. The van der Waals surface area contributed by atoms with Crippen LogP contribution in [-0.4, -0.2) is 28.4 Å². The van der Waals surface area contributed by atoms with E-state index in [2.05, 4.69) is 4.99 Å². The normalized spacial score (nSPS) is 11.5. The van der Waals surface area contributed by atoms with Gasteiger partial charge in [-0.2, -0.15) is 0 Å². The summed E-state index contributed by atoms with van der Waals surface area (Å²) in [5, 5.41) is 19.1. The first-order valence-corrected chi connectivity index (χ1v) is 7.37. The third kappa shape index (κ3) is 4.53. The summed E-state index contributed by atoms with van der Waals surface area (Å²) in [6.45, 7) is 0.225. The van der Waals surface area contributed by atoms with Crippen LogP contribution in [0.4, 0.5) is 4.39 Å². The molecule has 0 aliphatic carbocycles. The Bertz CT molecular complexity index is 746. The second-order valence-electron chi connectivity index (χ2n) is 4.87. The Morgan fingerprint density at radius 2 is 1.91 bits per heavy atom. The number of rotatable bonds is 6. The number of nitrogens with zero attached hydrogens (tertiary/aromatic N) is 1. The Balaban J connectivity index is 2.43. The maximum absolute atomic E-state index is 13.5. The van der Waals surface area contributed by atoms with E-state index in [0.717, 1.165) is 6.07 Å². The number of phenolic OH excluding ortho intramolecular Hbond substituents is 1. The summed E-state index contributed by atoms with van der Waals surface area (Å²) in [4.78, 5) is 14.9. The van der Waals surface area contributed by atoms with E-state index >= 15 is 0 Å². The average molecular weight is 336 g/mol. The Hall–Kier alpha value is -2.40. The van der Waals surface area contributed by atoms with Crippen LogP contribution in [0.2, 0.25) is 5.02 Å². The highest BCUT2D eigenvalue weighted by Gasteiger charge is 2.15. The highest BCUT2D eigenvalue weighted by atomic mass is 35.5. The second kappa shape index (κ2) is 7.74. The van der Waals surface area contributed by atoms with E-state index in [-0.39, 0.29) is 24.3 Å². The smallest absolute Gasteiger partial charge is 0.303 e. The molecule has 2 aromatic carbocycles. The molecule has 23 heavy (non-hydrogen) atoms. The molecule has 2 rings (SSSR count). The summed E-state index contributed by atoms with van der Waals surface area (Å²) in [6.07, 6.45) is 0.313. The summed E-state index contributed by atoms with van der Waals surface area (Å²) in [7, 11) is 0. The molecule has 0 atom stereocenters. The number of hydrogen-bond donors (Lipinski definition) is 2. The van der Waals surface area contributed by atoms with Gasteiger partial charge in [-0.25, -0.2) is 4.39 Å². The number of carbonyl (C=O) groups is 1. The van der Waals surface area contributed by atoms with E-state index in [1.54, 1.807) is 24.3 Å². The fourth-order valence-corrected chi connectivity index (χ4v) is 2.31. The molecule has 0 unspecified atom stereocenters. The number of carboxylic acids is 1. The van der Waals surface area contributed by atoms with E-state index < -0.39 is 11.8 Å². The van der Waals surface area contributed by atoms with Crippen molar-refractivity contribution in [2.45, 2.75) is 12.8 Å². The molecule has 2 aromatic rings. The van der Waals surface area contributed by atoms with Crippen molar-refractivity contribution in [1.82, 2.24) is 0 Å². The molecule has 4 nitrogen and oxygen atoms in total. The third-order valence-corrected chi connectivity index (χ3v) is 3.49. The van der Waals surface area contributed by atoms with Crippen LogP contribution in [0, 0.1) is 5.82 Å². The van der Waals surface area contributed by atoms with E-state index in [1.165, 1.54) is 12.1 Å². The van der Waals surface area contributed by atoms with Gasteiger partial charge in [-0.1, -0.05) is 29.8 Å². The van der Waals surface area contributed by atoms with Gasteiger partial charge in [0.15, 0.2) is 0 Å². The number of aliphatic imine (C=N–C) groups is 1. The van der Waals surface area contributed by atoms with Crippen molar-refractivity contribution in [3.05, 3.63) is 64.4 Å². The van der Waals surface area contributed by atoms with Crippen molar-refractivity contribution in [3.8, 4) is 5.75 Å². The zero-order valence-corrected chi connectivity index (χ0v) is 12.9. The molecule has 2 N–H and O–H groups in total. The van der Waals surface area contributed by atoms with Gasteiger partial charge in [0.1, 0.15) is 11.6 Å². The number of phenols is 1. The molecule has 0 bridgehead atoms. The molecule has 0 aromatic heterocycles. The quantitative estimate of drug-likeness (QED) is 0.621. The van der Waals surface area contributed by atoms with Crippen LogP contribution in [0.1, 0.15) is 24.0 Å². The van der Waals surface area contributed by atoms with Crippen LogP contribution in [0.5, 0.6) is 5.75 Å². The van der Waals surface area contributed by atoms with Crippen molar-refractivity contribution < 1.29 is 19.4 Å². The highest BCUT2D eigenvalue weighted by Crippen LogP contribution is 2.26. The number of carboxylic acid groups (broad SMARTS) is 1. The molecule has 0 amide bonds. The lowest BCUT2D eigenvalue weighted by Crippen LogP contribution is -2.07. The maximum atomic E-state index is 13.5. The van der Waals surface area contributed by atoms with Crippen molar-refractivity contribution in [1.29, 1.82) is 0 Å². The van der Waals surface area contributed by atoms with Gasteiger partial charge in [0.25, 0.3) is 0 Å². The molecule has 0 heterocycles. The van der Waals surface area contributed by atoms with Crippen molar-refractivity contribution in [2.75, 3.05) is 6.54 Å². The van der Waals surface area contributed by atoms with Crippen LogP contribution < -0.4 is 0 Å². The van der Waals surface area contributed by atoms with Gasteiger partial charge in [0.05, 0.1) is 5.71 Å². The topological polar surface area (TPSA) is 69.9 Å². The van der Waals surface area contributed by atoms with E-state index in [1.807, 2.05) is 0 Å². The lowest BCUT2D eigenvalue weighted by atomic mass is 10.0. The van der Waals surface area contributed by atoms with Crippen molar-refractivity contribution >= 4 is 23.3 Å². The standard InChI is InChI=1S/C17H15ClFNO3/c18-14-5-2-1-4-12(14)17(20-9-3-6-16(22)23)13-10-11(19)7-8-15(13)21/h1-2,4-5,7-8,10,21H,3,6,9H2,(H,22,23). The van der Waals surface area contributed by atoms with Gasteiger partial charge in [0, 0.05) is 29.1 Å². The Morgan fingerprint density at radius 1 is 1.17 bits per heavy atom. The third-order valence-electron chi connectivity index (χ3n) is 3.16. The summed E-state index contributed by atoms with van der Waals surface area (Å²) >= 11 is 6.17. The van der Waals surface area contributed by atoms with Gasteiger partial charge in [-0.3, -0.25) is 9.79 Å². The second-order valence-corrected chi connectivity index (χ2v) is 5.28. The molecule has 0 spiro atoms. The lowest BCUT2D eigenvalue weighted by Gasteiger charge is -2.11. The molecule has 0 radical (unpaired) electrons. The van der Waals surface area contributed by atoms with E-state index in [0.29, 0.717) is 22.7 Å². The first kappa shape index (κ1) is 17.0. The Labute approximate surface area is 137 Å². The predicted octanol–water partition coefficient (Wildman–Crippen LogP) is 3.89. The fourth-order valence-electron chi connectivity index (χ4n) is 2.09. The molecule has 0 saturated carbocycles. The summed E-state index contributed by atoms with van der Waals surface area (Å²) in [5.74, 6) is -1.54. The molecule has 6 heteroatoms. The van der Waals surface area contributed by atoms with E-state index in [9.17, 15) is 14.3 Å². The monoisotopic (exact) mass is 335 g/mol. The van der Waals surface area contributed by atoms with Gasteiger partial charge in [0.2, 0.25) is 0 Å². The first-order chi connectivity index (χ1) is 11.0. The molecular formula is C17H15ClFNO3. The van der Waals surface area contributed by atoms with Crippen LogP contribution in [0.15, 0.2) is 47.5 Å². The van der Waals surface area contributed by atoms with Gasteiger partial charge in [-0.15, -0.1) is 0 Å². The Morgan fingerprint density at radius 3 is 2.61 bits per heavy atom. The molecular weight excluding hydrogens is 321 g/mol. The van der Waals surface area contributed by atoms with Crippen LogP contribution in [0.25, 0.3) is 0 Å². The highest BCUT2D eigenvalue weighted by molar-refractivity contribution is 6.35. The van der Waals surface area contributed by atoms with Gasteiger partial charge in [-0.05, 0) is 30.7 Å². The molecule has 120 valence electrons. The van der Waals surface area contributed by atoms with Gasteiger partial charge < -0.3 is 10.2 Å². The number of benzene rings is 2. The number of aliphatic carboxylic acids is 1. The number of aromatic hydroxyl groups is 1. The molecule has 0 saturated heterocycles. The van der Waals surface area contributed by atoms with Crippen molar-refractivity contribution in [2.24, 2.45) is 4.99 Å².